The fourth-order valence-electron chi connectivity index (χ4n) is 1.88. The van der Waals surface area contributed by atoms with Gasteiger partial charge >= 0.3 is 0 Å². The van der Waals surface area contributed by atoms with Crippen LogP contribution in [0, 0.1) is 0 Å². The van der Waals surface area contributed by atoms with Crippen molar-refractivity contribution in [1.29, 1.82) is 0 Å². The molecule has 0 N–H and O–H groups in total. The molecule has 1 aromatic carbocycles. The smallest absolute Gasteiger partial charge is 0.203 e. The van der Waals surface area contributed by atoms with Gasteiger partial charge in [0.15, 0.2) is 17.3 Å². The van der Waals surface area contributed by atoms with Gasteiger partial charge < -0.3 is 14.2 Å². The monoisotopic (exact) mass is 290 g/mol. The summed E-state index contributed by atoms with van der Waals surface area (Å²) in [6, 6.07) is 5.44. The molecule has 0 aliphatic carbocycles. The highest BCUT2D eigenvalue weighted by Gasteiger charge is 2.17. The minimum atomic E-state index is 0.481. The molecule has 0 spiro atoms. The zero-order valence-corrected chi connectivity index (χ0v) is 12.2. The van der Waals surface area contributed by atoms with Crippen molar-refractivity contribution < 1.29 is 14.2 Å². The second-order valence-electron chi connectivity index (χ2n) is 3.80. The van der Waals surface area contributed by atoms with Gasteiger partial charge in [-0.1, -0.05) is 12.2 Å². The number of nitrogens with zero attached hydrogens (tertiary/aromatic N) is 2. The summed E-state index contributed by atoms with van der Waals surface area (Å²) < 4.78 is 16.0. The number of hydrogen-bond acceptors (Lipinski definition) is 6. The van der Waals surface area contributed by atoms with E-state index in [1.165, 1.54) is 5.37 Å². The Kier molecular flexibility index (Phi) is 4.47. The minimum Gasteiger partial charge on any atom is -0.493 e. The average Bonchev–Trinajstić information content (AvgIpc) is 2.53. The van der Waals surface area contributed by atoms with Gasteiger partial charge in [0.05, 0.1) is 27.0 Å². The molecule has 0 saturated heterocycles. The van der Waals surface area contributed by atoms with Gasteiger partial charge in [0.2, 0.25) is 5.75 Å². The van der Waals surface area contributed by atoms with Gasteiger partial charge in [-0.25, -0.2) is 9.97 Å². The van der Waals surface area contributed by atoms with E-state index in [4.69, 9.17) is 26.4 Å². The van der Waals surface area contributed by atoms with E-state index >= 15 is 0 Å². The van der Waals surface area contributed by atoms with Crippen molar-refractivity contribution in [2.75, 3.05) is 21.3 Å². The van der Waals surface area contributed by atoms with Crippen LogP contribution in [0.2, 0.25) is 0 Å². The molecule has 2 aromatic rings. The number of benzene rings is 1. The van der Waals surface area contributed by atoms with Crippen LogP contribution < -0.4 is 14.2 Å². The van der Waals surface area contributed by atoms with E-state index < -0.39 is 0 Å². The summed E-state index contributed by atoms with van der Waals surface area (Å²) in [6.45, 7) is 0. The van der Waals surface area contributed by atoms with E-state index in [2.05, 4.69) is 9.97 Å². The first-order valence-electron chi connectivity index (χ1n) is 5.82. The molecule has 0 amide bonds. The van der Waals surface area contributed by atoms with Crippen LogP contribution in [0.3, 0.4) is 0 Å². The Bertz CT molecular complexity index is 632. The van der Waals surface area contributed by atoms with E-state index in [9.17, 15) is 0 Å². The van der Waals surface area contributed by atoms with Crippen LogP contribution in [0.15, 0.2) is 24.4 Å². The predicted octanol–water partition coefficient (Wildman–Crippen LogP) is 2.52. The van der Waals surface area contributed by atoms with Crippen LogP contribution in [0.25, 0.3) is 11.3 Å². The second-order valence-corrected chi connectivity index (χ2v) is 4.04. The lowest BCUT2D eigenvalue weighted by Gasteiger charge is -2.15. The zero-order chi connectivity index (χ0) is 14.5. The summed E-state index contributed by atoms with van der Waals surface area (Å²) in [5.41, 5.74) is 1.49. The normalized spacial score (nSPS) is 9.95. The molecule has 0 saturated carbocycles. The summed E-state index contributed by atoms with van der Waals surface area (Å²) in [6.07, 6.45) is 1.65. The topological polar surface area (TPSA) is 53.5 Å². The lowest BCUT2D eigenvalue weighted by Crippen LogP contribution is -1.99. The maximum Gasteiger partial charge on any atom is 0.203 e. The van der Waals surface area contributed by atoms with Crippen LogP contribution >= 0.6 is 12.2 Å². The first kappa shape index (κ1) is 14.2. The zero-order valence-electron chi connectivity index (χ0n) is 11.4. The third-order valence-corrected chi connectivity index (χ3v) is 2.97. The maximum atomic E-state index is 5.44. The number of methoxy groups -OCH3 is 3. The molecule has 0 aliphatic rings. The van der Waals surface area contributed by atoms with E-state index in [-0.39, 0.29) is 0 Å². The van der Waals surface area contributed by atoms with Crippen molar-refractivity contribution >= 4 is 17.6 Å². The molecule has 20 heavy (non-hydrogen) atoms. The SMILES string of the molecule is COc1ccc(-c2ccnc(C=S)n2)c(OC)c1OC. The van der Waals surface area contributed by atoms with E-state index in [1.807, 2.05) is 6.07 Å². The predicted molar refractivity (Wildman–Crippen MR) is 79.9 cm³/mol. The Hall–Kier alpha value is -2.21. The Labute approximate surface area is 122 Å². The fourth-order valence-corrected chi connectivity index (χ4v) is 2.00. The van der Waals surface area contributed by atoms with Gasteiger partial charge in [0.25, 0.3) is 0 Å². The molecule has 0 fully saturated rings. The summed E-state index contributed by atoms with van der Waals surface area (Å²) in [4.78, 5) is 8.40. The molecule has 2 rings (SSSR count). The van der Waals surface area contributed by atoms with Crippen LogP contribution in [0.4, 0.5) is 0 Å². The lowest BCUT2D eigenvalue weighted by molar-refractivity contribution is 0.325. The summed E-state index contributed by atoms with van der Waals surface area (Å²) in [7, 11) is 4.71. The van der Waals surface area contributed by atoms with Crippen molar-refractivity contribution in [2.24, 2.45) is 0 Å². The first-order valence-corrected chi connectivity index (χ1v) is 6.29. The minimum absolute atomic E-state index is 0.481. The van der Waals surface area contributed by atoms with Crippen molar-refractivity contribution in [3.05, 3.63) is 30.2 Å². The van der Waals surface area contributed by atoms with Crippen molar-refractivity contribution in [3.8, 4) is 28.5 Å². The van der Waals surface area contributed by atoms with Crippen molar-refractivity contribution in [3.63, 3.8) is 0 Å². The van der Waals surface area contributed by atoms with E-state index in [1.54, 1.807) is 39.7 Å². The molecule has 1 heterocycles. The number of thiocarbonyl (C=S) groups is 1. The van der Waals surface area contributed by atoms with E-state index in [0.717, 1.165) is 5.56 Å². The summed E-state index contributed by atoms with van der Waals surface area (Å²) >= 11 is 4.85. The molecule has 0 bridgehead atoms. The average molecular weight is 290 g/mol. The molecule has 0 atom stereocenters. The first-order chi connectivity index (χ1) is 9.74. The Balaban J connectivity index is 2.64. The molecule has 104 valence electrons. The standard InChI is InChI=1S/C14H14N2O3S/c1-17-11-5-4-9(13(18-2)14(11)19-3)10-6-7-15-12(8-20)16-10/h4-8H,1-3H3. The van der Waals surface area contributed by atoms with Crippen LogP contribution in [0.1, 0.15) is 5.82 Å². The number of aromatic nitrogens is 2. The summed E-state index contributed by atoms with van der Waals surface area (Å²) in [5, 5.41) is 1.43. The van der Waals surface area contributed by atoms with Gasteiger partial charge in [0, 0.05) is 17.1 Å². The van der Waals surface area contributed by atoms with Gasteiger partial charge in [0.1, 0.15) is 0 Å². The number of hydrogen-bond donors (Lipinski definition) is 0. The molecular formula is C14H14N2O3S. The largest absolute Gasteiger partial charge is 0.493 e. The molecule has 1 aromatic heterocycles. The van der Waals surface area contributed by atoms with E-state index in [0.29, 0.717) is 28.8 Å². The van der Waals surface area contributed by atoms with Crippen LogP contribution in [-0.4, -0.2) is 36.7 Å². The Morgan fingerprint density at radius 2 is 1.75 bits per heavy atom. The van der Waals surface area contributed by atoms with Gasteiger partial charge in [-0.3, -0.25) is 0 Å². The molecular weight excluding hydrogens is 276 g/mol. The van der Waals surface area contributed by atoms with Gasteiger partial charge in [-0.05, 0) is 18.2 Å². The number of rotatable bonds is 5. The van der Waals surface area contributed by atoms with Crippen molar-refractivity contribution in [2.45, 2.75) is 0 Å². The molecule has 0 unspecified atom stereocenters. The lowest BCUT2D eigenvalue weighted by atomic mass is 10.1. The molecule has 0 radical (unpaired) electrons. The number of ether oxygens (including phenoxy) is 3. The highest BCUT2D eigenvalue weighted by Crippen LogP contribution is 2.43. The molecule has 0 aliphatic heterocycles. The van der Waals surface area contributed by atoms with Gasteiger partial charge in [-0.2, -0.15) is 0 Å². The van der Waals surface area contributed by atoms with Crippen LogP contribution in [-0.2, 0) is 0 Å². The Morgan fingerprint density at radius 3 is 2.35 bits per heavy atom. The van der Waals surface area contributed by atoms with Crippen molar-refractivity contribution in [1.82, 2.24) is 9.97 Å². The highest BCUT2D eigenvalue weighted by molar-refractivity contribution is 7.79. The fraction of sp³-hybridized carbons (Fsp3) is 0.214. The maximum absolute atomic E-state index is 5.44. The molecule has 6 heteroatoms. The third kappa shape index (κ3) is 2.55. The highest BCUT2D eigenvalue weighted by atomic mass is 32.1. The summed E-state index contributed by atoms with van der Waals surface area (Å²) in [5.74, 6) is 2.16. The van der Waals surface area contributed by atoms with Crippen LogP contribution in [0.5, 0.6) is 17.2 Å². The molecule has 5 nitrogen and oxygen atoms in total. The quantitative estimate of drug-likeness (QED) is 0.789. The van der Waals surface area contributed by atoms with Gasteiger partial charge in [-0.15, -0.1) is 0 Å². The second kappa shape index (κ2) is 6.29. The Morgan fingerprint density at radius 1 is 1.00 bits per heavy atom. The third-order valence-electron chi connectivity index (χ3n) is 2.76.